The molecule has 2 aromatic carbocycles. The predicted molar refractivity (Wildman–Crippen MR) is 104 cm³/mol. The summed E-state index contributed by atoms with van der Waals surface area (Å²) in [5.41, 5.74) is 1.95. The number of anilines is 1. The first-order valence-corrected chi connectivity index (χ1v) is 10.5. The summed E-state index contributed by atoms with van der Waals surface area (Å²) in [6.45, 7) is 0. The number of aromatic nitrogens is 2. The van der Waals surface area contributed by atoms with Crippen molar-refractivity contribution in [1.82, 2.24) is 9.78 Å². The number of hydrogen-bond acceptors (Lipinski definition) is 4. The largest absolute Gasteiger partial charge is 0.306 e. The van der Waals surface area contributed by atoms with E-state index in [1.54, 1.807) is 48.5 Å². The molecule has 6 nitrogen and oxygen atoms in total. The van der Waals surface area contributed by atoms with Gasteiger partial charge in [0.05, 0.1) is 22.9 Å². The maximum absolute atomic E-state index is 12.7. The number of carbonyl (C=O) groups is 1. The van der Waals surface area contributed by atoms with Gasteiger partial charge in [0, 0.05) is 21.2 Å². The monoisotopic (exact) mass is 421 g/mol. The van der Waals surface area contributed by atoms with Crippen molar-refractivity contribution in [2.45, 2.75) is 11.5 Å². The van der Waals surface area contributed by atoms with Crippen molar-refractivity contribution < 1.29 is 13.2 Å². The third kappa shape index (κ3) is 3.58. The number of hydrogen-bond donors (Lipinski definition) is 1. The van der Waals surface area contributed by atoms with Crippen LogP contribution in [-0.4, -0.2) is 24.1 Å². The molecule has 1 amide bonds. The summed E-state index contributed by atoms with van der Waals surface area (Å²) in [4.78, 5) is 12.7. The number of nitrogens with zero attached hydrogens (tertiary/aromatic N) is 2. The fourth-order valence-corrected chi connectivity index (χ4v) is 4.75. The Morgan fingerprint density at radius 2 is 1.78 bits per heavy atom. The van der Waals surface area contributed by atoms with E-state index >= 15 is 0 Å². The summed E-state index contributed by atoms with van der Waals surface area (Å²) in [5, 5.41) is 8.22. The summed E-state index contributed by atoms with van der Waals surface area (Å²) in [6, 6.07) is 13.4. The smallest absolute Gasteiger partial charge is 0.256 e. The second-order valence-corrected chi connectivity index (χ2v) is 9.10. The Balaban J connectivity index is 1.78. The highest BCUT2D eigenvalue weighted by Crippen LogP contribution is 2.33. The predicted octanol–water partition coefficient (Wildman–Crippen LogP) is 3.86. The summed E-state index contributed by atoms with van der Waals surface area (Å²) >= 11 is 11.9. The van der Waals surface area contributed by atoms with E-state index in [1.807, 2.05) is 0 Å². The van der Waals surface area contributed by atoms with Gasteiger partial charge in [-0.25, -0.2) is 13.1 Å². The molecule has 3 aromatic rings. The molecule has 9 heteroatoms. The maximum Gasteiger partial charge on any atom is 0.256 e. The molecule has 138 valence electrons. The Morgan fingerprint density at radius 1 is 1.04 bits per heavy atom. The van der Waals surface area contributed by atoms with E-state index in [1.165, 1.54) is 4.68 Å². The number of benzene rings is 2. The van der Waals surface area contributed by atoms with Crippen molar-refractivity contribution in [1.29, 1.82) is 0 Å². The van der Waals surface area contributed by atoms with Crippen molar-refractivity contribution in [2.24, 2.45) is 0 Å². The van der Waals surface area contributed by atoms with Crippen LogP contribution in [0.25, 0.3) is 5.69 Å². The van der Waals surface area contributed by atoms with Crippen molar-refractivity contribution in [2.75, 3.05) is 5.32 Å². The van der Waals surface area contributed by atoms with E-state index in [9.17, 15) is 13.2 Å². The molecular formula is C18H13Cl2N3O3S. The van der Waals surface area contributed by atoms with Crippen molar-refractivity contribution in [3.05, 3.63) is 75.4 Å². The van der Waals surface area contributed by atoms with Gasteiger partial charge in [-0.2, -0.15) is 5.10 Å². The van der Waals surface area contributed by atoms with Crippen LogP contribution in [-0.2, 0) is 21.3 Å². The third-order valence-corrected chi connectivity index (χ3v) is 6.11. The minimum absolute atomic E-state index is 0.153. The molecule has 0 aliphatic carbocycles. The molecule has 0 unspecified atom stereocenters. The van der Waals surface area contributed by atoms with Crippen LogP contribution in [0.2, 0.25) is 10.0 Å². The molecule has 0 spiro atoms. The zero-order chi connectivity index (χ0) is 19.2. The SMILES string of the molecule is O=C(Nc1c2c(nn1-c1cccc(Cl)c1)CS(=O)(=O)C2)c1ccc(Cl)cc1. The second kappa shape index (κ2) is 6.67. The molecule has 27 heavy (non-hydrogen) atoms. The molecule has 1 aliphatic heterocycles. The van der Waals surface area contributed by atoms with Crippen molar-refractivity contribution in [3.8, 4) is 5.69 Å². The van der Waals surface area contributed by atoms with Gasteiger partial charge in [0.15, 0.2) is 9.84 Å². The quantitative estimate of drug-likeness (QED) is 0.695. The highest BCUT2D eigenvalue weighted by atomic mass is 35.5. The Morgan fingerprint density at radius 3 is 2.48 bits per heavy atom. The molecule has 0 saturated heterocycles. The summed E-state index contributed by atoms with van der Waals surface area (Å²) < 4.78 is 25.5. The van der Waals surface area contributed by atoms with Crippen molar-refractivity contribution >= 4 is 44.8 Å². The number of fused-ring (bicyclic) bond motifs is 1. The Bertz CT molecular complexity index is 1160. The van der Waals surface area contributed by atoms with Gasteiger partial charge in [0.25, 0.3) is 5.91 Å². The topological polar surface area (TPSA) is 81.1 Å². The van der Waals surface area contributed by atoms with Gasteiger partial charge >= 0.3 is 0 Å². The molecule has 1 aromatic heterocycles. The lowest BCUT2D eigenvalue weighted by atomic mass is 10.2. The van der Waals surface area contributed by atoms with Crippen LogP contribution in [0, 0.1) is 0 Å². The lowest BCUT2D eigenvalue weighted by molar-refractivity contribution is 0.102. The minimum atomic E-state index is -3.27. The van der Waals surface area contributed by atoms with E-state index in [2.05, 4.69) is 10.4 Å². The molecule has 0 fully saturated rings. The number of nitrogens with one attached hydrogen (secondary N) is 1. The van der Waals surface area contributed by atoms with Gasteiger partial charge in [-0.1, -0.05) is 29.3 Å². The first-order valence-electron chi connectivity index (χ1n) is 7.96. The lowest BCUT2D eigenvalue weighted by Gasteiger charge is -2.11. The molecular weight excluding hydrogens is 409 g/mol. The lowest BCUT2D eigenvalue weighted by Crippen LogP contribution is -2.17. The van der Waals surface area contributed by atoms with Crippen molar-refractivity contribution in [3.63, 3.8) is 0 Å². The molecule has 2 heterocycles. The fourth-order valence-electron chi connectivity index (χ4n) is 2.95. The summed E-state index contributed by atoms with van der Waals surface area (Å²) in [6.07, 6.45) is 0. The van der Waals surface area contributed by atoms with Gasteiger partial charge in [-0.15, -0.1) is 0 Å². The van der Waals surface area contributed by atoms with Gasteiger partial charge in [-0.05, 0) is 42.5 Å². The number of halogens is 2. The standard InChI is InChI=1S/C18H13Cl2N3O3S/c19-12-6-4-11(5-7-12)18(24)21-17-15-9-27(25,26)10-16(15)22-23(17)14-3-1-2-13(20)8-14/h1-8H,9-10H2,(H,21,24). The molecule has 4 rings (SSSR count). The van der Waals surface area contributed by atoms with Gasteiger partial charge in [0.2, 0.25) is 0 Å². The van der Waals surface area contributed by atoms with Crippen LogP contribution in [0.15, 0.2) is 48.5 Å². The fraction of sp³-hybridized carbons (Fsp3) is 0.111. The number of carbonyl (C=O) groups excluding carboxylic acids is 1. The summed E-state index contributed by atoms with van der Waals surface area (Å²) in [5.74, 6) is -0.381. The molecule has 0 saturated carbocycles. The zero-order valence-corrected chi connectivity index (χ0v) is 16.1. The first-order chi connectivity index (χ1) is 12.8. The molecule has 0 bridgehead atoms. The molecule has 0 atom stereocenters. The Labute approximate surface area is 165 Å². The number of rotatable bonds is 3. The van der Waals surface area contributed by atoms with Gasteiger partial charge in [-0.3, -0.25) is 4.79 Å². The zero-order valence-electron chi connectivity index (χ0n) is 13.8. The summed E-state index contributed by atoms with van der Waals surface area (Å²) in [7, 11) is -3.27. The number of amides is 1. The van der Waals surface area contributed by atoms with Gasteiger partial charge < -0.3 is 5.32 Å². The normalized spacial score (nSPS) is 14.7. The van der Waals surface area contributed by atoms with Crippen LogP contribution >= 0.6 is 23.2 Å². The third-order valence-electron chi connectivity index (χ3n) is 4.18. The molecule has 0 radical (unpaired) electrons. The maximum atomic E-state index is 12.7. The van der Waals surface area contributed by atoms with E-state index in [0.717, 1.165) is 0 Å². The van der Waals surface area contributed by atoms with E-state index in [0.29, 0.717) is 38.4 Å². The highest BCUT2D eigenvalue weighted by molar-refractivity contribution is 7.90. The average Bonchev–Trinajstić information content (AvgIpc) is 3.08. The average molecular weight is 422 g/mol. The highest BCUT2D eigenvalue weighted by Gasteiger charge is 2.33. The van der Waals surface area contributed by atoms with Crippen LogP contribution in [0.1, 0.15) is 21.6 Å². The van der Waals surface area contributed by atoms with Crippen LogP contribution in [0.5, 0.6) is 0 Å². The van der Waals surface area contributed by atoms with E-state index in [-0.39, 0.29) is 17.4 Å². The van der Waals surface area contributed by atoms with Crippen LogP contribution in [0.4, 0.5) is 5.82 Å². The van der Waals surface area contributed by atoms with Crippen LogP contribution in [0.3, 0.4) is 0 Å². The Hall–Kier alpha value is -2.35. The second-order valence-electron chi connectivity index (χ2n) is 6.16. The Kier molecular flexibility index (Phi) is 4.46. The van der Waals surface area contributed by atoms with E-state index in [4.69, 9.17) is 23.2 Å². The first kappa shape index (κ1) is 18.0. The molecule has 1 N–H and O–H groups in total. The van der Waals surface area contributed by atoms with E-state index < -0.39 is 9.84 Å². The van der Waals surface area contributed by atoms with Crippen LogP contribution < -0.4 is 5.32 Å². The number of sulfone groups is 1. The minimum Gasteiger partial charge on any atom is -0.306 e. The molecule has 1 aliphatic rings. The van der Waals surface area contributed by atoms with Gasteiger partial charge in [0.1, 0.15) is 5.82 Å².